The fourth-order valence-corrected chi connectivity index (χ4v) is 8.97. The molecule has 0 radical (unpaired) electrons. The van der Waals surface area contributed by atoms with E-state index in [2.05, 4.69) is 20.8 Å². The smallest absolute Gasteiger partial charge is 0.363 e. The van der Waals surface area contributed by atoms with Crippen LogP contribution in [-0.4, -0.2) is 57.9 Å². The lowest BCUT2D eigenvalue weighted by atomic mass is 9.77. The summed E-state index contributed by atoms with van der Waals surface area (Å²) in [7, 11) is -3.71. The van der Waals surface area contributed by atoms with Gasteiger partial charge in [0.1, 0.15) is 29.9 Å². The Balaban J connectivity index is 1.35. The summed E-state index contributed by atoms with van der Waals surface area (Å²) in [6, 6.07) is 28.4. The van der Waals surface area contributed by atoms with Gasteiger partial charge in [-0.1, -0.05) is 103 Å². The molecule has 0 spiro atoms. The van der Waals surface area contributed by atoms with Crippen LogP contribution in [0.5, 0.6) is 0 Å². The van der Waals surface area contributed by atoms with Crippen LogP contribution in [0.3, 0.4) is 0 Å². The van der Waals surface area contributed by atoms with Gasteiger partial charge in [-0.05, 0) is 36.5 Å². The zero-order valence-electron chi connectivity index (χ0n) is 27.3. The van der Waals surface area contributed by atoms with Gasteiger partial charge in [0.2, 0.25) is 0 Å². The lowest BCUT2D eigenvalue weighted by Crippen LogP contribution is -2.77. The fraction of sp³-hybridized carbons (Fsp3) is 0.229. The first-order valence-electron chi connectivity index (χ1n) is 15.6. The van der Waals surface area contributed by atoms with Gasteiger partial charge in [-0.3, -0.25) is 14.1 Å². The molecule has 1 fully saturated rings. The zero-order valence-corrected chi connectivity index (χ0v) is 29.8. The molecule has 0 unspecified atom stereocenters. The van der Waals surface area contributed by atoms with E-state index >= 15 is 0 Å². The predicted molar refractivity (Wildman–Crippen MR) is 192 cm³/mol. The third kappa shape index (κ3) is 6.28. The first kappa shape index (κ1) is 34.9. The number of β-lactam (4-membered cyclic amide) rings is 1. The Morgan fingerprint density at radius 1 is 0.960 bits per heavy atom. The molecule has 3 N–H and O–H groups in total. The minimum Gasteiger partial charge on any atom is -0.398 e. The molecule has 12 nitrogen and oxygen atoms in total. The van der Waals surface area contributed by atoms with Crippen LogP contribution in [0.4, 0.5) is 5.13 Å². The Hall–Kier alpha value is -4.96. The number of rotatable bonds is 13. The van der Waals surface area contributed by atoms with Gasteiger partial charge in [-0.25, -0.2) is 14.3 Å². The van der Waals surface area contributed by atoms with E-state index in [4.69, 9.17) is 9.82 Å². The number of aryl methyl sites for hydroxylation is 1. The van der Waals surface area contributed by atoms with E-state index in [0.717, 1.165) is 28.1 Å². The van der Waals surface area contributed by atoms with Crippen molar-refractivity contribution in [1.29, 1.82) is 0 Å². The summed E-state index contributed by atoms with van der Waals surface area (Å²) >= 11 is 2.55. The van der Waals surface area contributed by atoms with E-state index in [1.54, 1.807) is 10.8 Å². The first-order chi connectivity index (χ1) is 24.0. The minimum atomic E-state index is -4.99. The second kappa shape index (κ2) is 14.1. The molecular weight excluding hydrogens is 697 g/mol. The summed E-state index contributed by atoms with van der Waals surface area (Å²) in [5.74, 6) is -1.86. The Kier molecular flexibility index (Phi) is 9.84. The number of amides is 2. The van der Waals surface area contributed by atoms with Gasteiger partial charge >= 0.3 is 10.3 Å². The Bertz CT molecular complexity index is 2030. The zero-order chi connectivity index (χ0) is 35.5. The quantitative estimate of drug-likeness (QED) is 0.0477. The number of hydrogen-bond acceptors (Lipinski definition) is 11. The van der Waals surface area contributed by atoms with Crippen LogP contribution in [0.25, 0.3) is 0 Å². The molecule has 0 bridgehead atoms. The molecule has 5 aromatic rings. The van der Waals surface area contributed by atoms with Crippen LogP contribution in [0, 0.1) is 0 Å². The van der Waals surface area contributed by atoms with Crippen molar-refractivity contribution >= 4 is 55.6 Å². The molecular formula is C35H34N6O6S3. The second-order valence-electron chi connectivity index (χ2n) is 11.6. The summed E-state index contributed by atoms with van der Waals surface area (Å²) in [5, 5.41) is 14.7. The first-order valence-corrected chi connectivity index (χ1v) is 18.8. The Labute approximate surface area is 297 Å². The standard InChI is InChI=1S/C35H34N6O6S3/c1-4-14-28-37-27(22-48-28)34(2)30(32(43)41(34)50(44,45)46)38-31(42)29(40-47-3)26-21-49-33(36-26)39-35(23-15-8-5-9-16-23,24-17-10-6-11-18-24)25-19-12-7-13-20-25/h5-13,15-22,30H,4,14H2,1-3H3,(H,36,39)(H,38,42)(H,44,45,46)/b40-29+/t30-,34-/m1/s1. The summed E-state index contributed by atoms with van der Waals surface area (Å²) in [6.45, 7) is 3.40. The van der Waals surface area contributed by atoms with E-state index in [1.807, 2.05) is 97.9 Å². The third-order valence-corrected chi connectivity index (χ3v) is 11.2. The summed E-state index contributed by atoms with van der Waals surface area (Å²) in [6.07, 6.45) is 1.44. The van der Waals surface area contributed by atoms with Crippen molar-refractivity contribution in [3.05, 3.63) is 135 Å². The molecule has 50 heavy (non-hydrogen) atoms. The highest BCUT2D eigenvalue weighted by Crippen LogP contribution is 2.44. The monoisotopic (exact) mass is 730 g/mol. The van der Waals surface area contributed by atoms with Crippen LogP contribution in [0.1, 0.15) is 53.4 Å². The van der Waals surface area contributed by atoms with Crippen LogP contribution in [-0.2, 0) is 42.2 Å². The van der Waals surface area contributed by atoms with Crippen LogP contribution in [0.15, 0.2) is 107 Å². The van der Waals surface area contributed by atoms with Crippen molar-refractivity contribution in [3.8, 4) is 0 Å². The Morgan fingerprint density at radius 2 is 1.52 bits per heavy atom. The molecule has 1 aliphatic rings. The number of carbonyl (C=O) groups is 2. The van der Waals surface area contributed by atoms with E-state index in [-0.39, 0.29) is 17.1 Å². The number of carbonyl (C=O) groups excluding carboxylic acids is 2. The minimum absolute atomic E-state index is 0.152. The topological polar surface area (TPSA) is 163 Å². The van der Waals surface area contributed by atoms with Crippen LogP contribution < -0.4 is 10.6 Å². The molecule has 2 amide bonds. The molecule has 0 saturated carbocycles. The van der Waals surface area contributed by atoms with Gasteiger partial charge in [-0.2, -0.15) is 8.42 Å². The van der Waals surface area contributed by atoms with Crippen molar-refractivity contribution in [2.45, 2.75) is 43.8 Å². The van der Waals surface area contributed by atoms with E-state index in [9.17, 15) is 22.6 Å². The molecule has 3 heterocycles. The van der Waals surface area contributed by atoms with Gasteiger partial charge in [0.05, 0.1) is 10.7 Å². The molecule has 2 atom stereocenters. The van der Waals surface area contributed by atoms with Crippen LogP contribution in [0.2, 0.25) is 0 Å². The van der Waals surface area contributed by atoms with Gasteiger partial charge in [0.15, 0.2) is 10.8 Å². The van der Waals surface area contributed by atoms with Crippen LogP contribution >= 0.6 is 22.7 Å². The number of nitrogens with one attached hydrogen (secondary N) is 2. The maximum absolute atomic E-state index is 13.8. The largest absolute Gasteiger partial charge is 0.398 e. The summed E-state index contributed by atoms with van der Waals surface area (Å²) in [4.78, 5) is 41.3. The highest BCUT2D eigenvalue weighted by atomic mass is 32.2. The average Bonchev–Trinajstić information content (AvgIpc) is 3.79. The van der Waals surface area contributed by atoms with E-state index < -0.39 is 39.2 Å². The highest BCUT2D eigenvalue weighted by molar-refractivity contribution is 7.84. The van der Waals surface area contributed by atoms with E-state index in [1.165, 1.54) is 36.7 Å². The number of benzene rings is 3. The second-order valence-corrected chi connectivity index (χ2v) is 14.7. The molecule has 0 aliphatic carbocycles. The maximum atomic E-state index is 13.8. The Morgan fingerprint density at radius 3 is 2.02 bits per heavy atom. The highest BCUT2D eigenvalue weighted by Gasteiger charge is 2.65. The molecule has 1 aliphatic heterocycles. The molecule has 2 aromatic heterocycles. The van der Waals surface area contributed by atoms with Crippen molar-refractivity contribution in [2.24, 2.45) is 5.16 Å². The summed E-state index contributed by atoms with van der Waals surface area (Å²) < 4.78 is 34.9. The predicted octanol–water partition coefficient (Wildman–Crippen LogP) is 5.35. The number of aromatic nitrogens is 2. The third-order valence-electron chi connectivity index (χ3n) is 8.53. The molecule has 6 rings (SSSR count). The fourth-order valence-electron chi connectivity index (χ4n) is 6.19. The van der Waals surface area contributed by atoms with Crippen molar-refractivity contribution in [1.82, 2.24) is 19.6 Å². The normalized spacial score (nSPS) is 18.0. The maximum Gasteiger partial charge on any atom is 0.363 e. The molecule has 3 aromatic carbocycles. The van der Waals surface area contributed by atoms with Crippen molar-refractivity contribution in [3.63, 3.8) is 0 Å². The van der Waals surface area contributed by atoms with E-state index in [0.29, 0.717) is 15.9 Å². The van der Waals surface area contributed by atoms with Crippen molar-refractivity contribution < 1.29 is 27.4 Å². The SMILES string of the molecule is CCCc1nc([C@]2(C)[C@H](NC(=O)/C(=N/OC)c3csc(NC(c4ccccc4)(c4ccccc4)c4ccccc4)n3)C(=O)N2S(=O)(=O)O)cs1. The van der Waals surface area contributed by atoms with Gasteiger partial charge < -0.3 is 15.5 Å². The number of thiazole rings is 2. The van der Waals surface area contributed by atoms with Gasteiger partial charge in [-0.15, -0.1) is 22.7 Å². The number of oxime groups is 1. The molecule has 258 valence electrons. The number of hydrogen-bond donors (Lipinski definition) is 3. The lowest BCUT2D eigenvalue weighted by Gasteiger charge is -2.51. The molecule has 15 heteroatoms. The number of anilines is 1. The lowest BCUT2D eigenvalue weighted by molar-refractivity contribution is -0.154. The van der Waals surface area contributed by atoms with Gasteiger partial charge in [0.25, 0.3) is 11.8 Å². The summed E-state index contributed by atoms with van der Waals surface area (Å²) in [5.41, 5.74) is 0.400. The number of nitrogens with zero attached hydrogens (tertiary/aromatic N) is 4. The van der Waals surface area contributed by atoms with Gasteiger partial charge in [0, 0.05) is 10.8 Å². The molecule has 1 saturated heterocycles. The van der Waals surface area contributed by atoms with Crippen molar-refractivity contribution in [2.75, 3.05) is 12.4 Å². The average molecular weight is 731 g/mol.